The van der Waals surface area contributed by atoms with Gasteiger partial charge in [0.1, 0.15) is 10.7 Å². The molecule has 0 spiro atoms. The van der Waals surface area contributed by atoms with Crippen LogP contribution in [0, 0.1) is 6.92 Å². The Morgan fingerprint density at radius 3 is 2.65 bits per heavy atom. The molecular formula is C14H18N4OS. The Kier molecular flexibility index (Phi) is 4.24. The molecule has 0 radical (unpaired) electrons. The fourth-order valence-electron chi connectivity index (χ4n) is 1.75. The van der Waals surface area contributed by atoms with E-state index in [-0.39, 0.29) is 11.7 Å². The number of amides is 1. The number of aromatic nitrogens is 1. The molecule has 1 aromatic carbocycles. The van der Waals surface area contributed by atoms with Crippen molar-refractivity contribution in [2.75, 3.05) is 29.5 Å². The lowest BCUT2D eigenvalue weighted by atomic mass is 10.2. The van der Waals surface area contributed by atoms with Gasteiger partial charge < -0.3 is 16.0 Å². The van der Waals surface area contributed by atoms with E-state index in [4.69, 9.17) is 5.73 Å². The molecule has 1 amide bonds. The van der Waals surface area contributed by atoms with Crippen molar-refractivity contribution < 1.29 is 4.79 Å². The number of thiazole rings is 1. The van der Waals surface area contributed by atoms with Gasteiger partial charge in [-0.3, -0.25) is 4.79 Å². The van der Waals surface area contributed by atoms with Gasteiger partial charge in [-0.15, -0.1) is 0 Å². The molecule has 1 heterocycles. The fourth-order valence-corrected chi connectivity index (χ4v) is 2.68. The zero-order valence-electron chi connectivity index (χ0n) is 11.8. The van der Waals surface area contributed by atoms with Crippen LogP contribution in [0.15, 0.2) is 24.3 Å². The van der Waals surface area contributed by atoms with Crippen LogP contribution in [-0.4, -0.2) is 24.5 Å². The lowest BCUT2D eigenvalue weighted by molar-refractivity contribution is 0.0997. The van der Waals surface area contributed by atoms with Crippen LogP contribution < -0.4 is 16.0 Å². The molecule has 2 aromatic rings. The van der Waals surface area contributed by atoms with Gasteiger partial charge in [-0.1, -0.05) is 29.0 Å². The normalized spacial score (nSPS) is 10.3. The predicted molar refractivity (Wildman–Crippen MR) is 84.6 cm³/mol. The first-order valence-electron chi connectivity index (χ1n) is 6.37. The molecule has 3 N–H and O–H groups in total. The van der Waals surface area contributed by atoms with E-state index in [2.05, 4.69) is 10.3 Å². The highest BCUT2D eigenvalue weighted by atomic mass is 32.1. The number of nitrogen functional groups attached to an aromatic ring is 1. The molecule has 5 nitrogen and oxygen atoms in total. The molecule has 2 rings (SSSR count). The molecule has 0 aliphatic heterocycles. The first-order chi connectivity index (χ1) is 9.52. The van der Waals surface area contributed by atoms with Gasteiger partial charge in [-0.25, -0.2) is 4.98 Å². The topological polar surface area (TPSA) is 71.2 Å². The molecule has 1 aromatic heterocycles. The number of nitrogens with one attached hydrogen (secondary N) is 1. The molecule has 0 saturated carbocycles. The van der Waals surface area contributed by atoms with Gasteiger partial charge in [-0.05, 0) is 26.0 Å². The molecule has 0 atom stereocenters. The third kappa shape index (κ3) is 2.91. The molecule has 106 valence electrons. The van der Waals surface area contributed by atoms with Gasteiger partial charge in [0.15, 0.2) is 5.13 Å². The van der Waals surface area contributed by atoms with Crippen LogP contribution in [0.5, 0.6) is 0 Å². The van der Waals surface area contributed by atoms with Crippen LogP contribution >= 0.6 is 11.3 Å². The summed E-state index contributed by atoms with van der Waals surface area (Å²) in [6.07, 6.45) is 0. The third-order valence-electron chi connectivity index (χ3n) is 2.90. The van der Waals surface area contributed by atoms with Gasteiger partial charge in [0.05, 0.1) is 0 Å². The molecule has 6 heteroatoms. The van der Waals surface area contributed by atoms with E-state index in [1.807, 2.05) is 38.1 Å². The van der Waals surface area contributed by atoms with E-state index < -0.39 is 0 Å². The minimum absolute atomic E-state index is 0.145. The van der Waals surface area contributed by atoms with Crippen molar-refractivity contribution >= 4 is 33.9 Å². The van der Waals surface area contributed by atoms with Crippen molar-refractivity contribution in [3.63, 3.8) is 0 Å². The summed E-state index contributed by atoms with van der Waals surface area (Å²) in [6.45, 7) is 4.72. The maximum absolute atomic E-state index is 12.5. The monoisotopic (exact) mass is 290 g/mol. The number of nitrogens with two attached hydrogens (primary N) is 1. The van der Waals surface area contributed by atoms with E-state index in [1.54, 1.807) is 11.9 Å². The Bertz CT molecular complexity index is 606. The molecule has 20 heavy (non-hydrogen) atoms. The van der Waals surface area contributed by atoms with E-state index in [9.17, 15) is 4.79 Å². The molecule has 0 aliphatic carbocycles. The van der Waals surface area contributed by atoms with Crippen molar-refractivity contribution in [1.82, 2.24) is 4.98 Å². The average molecular weight is 290 g/mol. The number of hydrogen-bond acceptors (Lipinski definition) is 5. The highest BCUT2D eigenvalue weighted by Gasteiger charge is 2.20. The van der Waals surface area contributed by atoms with E-state index in [1.165, 1.54) is 11.3 Å². The smallest absolute Gasteiger partial charge is 0.272 e. The number of carbonyl (C=O) groups is 1. The average Bonchev–Trinajstić information content (AvgIpc) is 2.79. The van der Waals surface area contributed by atoms with Crippen molar-refractivity contribution in [2.45, 2.75) is 13.8 Å². The lowest BCUT2D eigenvalue weighted by Crippen LogP contribution is -2.26. The second kappa shape index (κ2) is 5.92. The maximum atomic E-state index is 12.5. The number of rotatable bonds is 4. The second-order valence-electron chi connectivity index (χ2n) is 4.46. The van der Waals surface area contributed by atoms with Crippen LogP contribution in [0.4, 0.5) is 16.6 Å². The number of nitrogens with zero attached hydrogens (tertiary/aromatic N) is 2. The summed E-state index contributed by atoms with van der Waals surface area (Å²) in [4.78, 5) is 18.7. The molecule has 0 bridgehead atoms. The number of hydrogen-bond donors (Lipinski definition) is 2. The van der Waals surface area contributed by atoms with Crippen molar-refractivity contribution in [3.05, 3.63) is 34.7 Å². The van der Waals surface area contributed by atoms with Crippen LogP contribution in [0.2, 0.25) is 0 Å². The standard InChI is InChI=1S/C14H18N4OS/c1-4-16-14-17-12(15)11(20-14)13(19)18(3)10-7-5-9(2)6-8-10/h5-8H,4,15H2,1-3H3,(H,16,17). The first-order valence-corrected chi connectivity index (χ1v) is 7.19. The van der Waals surface area contributed by atoms with Gasteiger partial charge in [0, 0.05) is 19.3 Å². The maximum Gasteiger partial charge on any atom is 0.272 e. The van der Waals surface area contributed by atoms with Crippen molar-refractivity contribution in [1.29, 1.82) is 0 Å². The predicted octanol–water partition coefficient (Wildman–Crippen LogP) is 2.74. The summed E-state index contributed by atoms with van der Waals surface area (Å²) in [5.74, 6) is 0.128. The van der Waals surface area contributed by atoms with E-state index >= 15 is 0 Å². The van der Waals surface area contributed by atoms with Crippen LogP contribution in [0.3, 0.4) is 0 Å². The zero-order valence-corrected chi connectivity index (χ0v) is 12.6. The van der Waals surface area contributed by atoms with Gasteiger partial charge in [-0.2, -0.15) is 0 Å². The summed E-state index contributed by atoms with van der Waals surface area (Å²) in [7, 11) is 1.74. The summed E-state index contributed by atoms with van der Waals surface area (Å²) in [5, 5.41) is 3.74. The van der Waals surface area contributed by atoms with E-state index in [0.29, 0.717) is 10.0 Å². The third-order valence-corrected chi connectivity index (χ3v) is 3.92. The molecule has 0 saturated heterocycles. The van der Waals surface area contributed by atoms with E-state index in [0.717, 1.165) is 17.8 Å². The zero-order chi connectivity index (χ0) is 14.7. The summed E-state index contributed by atoms with van der Waals surface area (Å²) >= 11 is 1.28. The molecular weight excluding hydrogens is 272 g/mol. The van der Waals surface area contributed by atoms with Gasteiger partial charge in [0.25, 0.3) is 5.91 Å². The Balaban J connectivity index is 2.24. The van der Waals surface area contributed by atoms with Crippen molar-refractivity contribution in [3.8, 4) is 0 Å². The summed E-state index contributed by atoms with van der Waals surface area (Å²) in [6, 6.07) is 7.77. The van der Waals surface area contributed by atoms with Gasteiger partial charge >= 0.3 is 0 Å². The largest absolute Gasteiger partial charge is 0.382 e. The Morgan fingerprint density at radius 1 is 1.40 bits per heavy atom. The Labute approximate surface area is 122 Å². The lowest BCUT2D eigenvalue weighted by Gasteiger charge is -2.16. The Hall–Kier alpha value is -2.08. The van der Waals surface area contributed by atoms with Crippen molar-refractivity contribution in [2.24, 2.45) is 0 Å². The first kappa shape index (κ1) is 14.3. The summed E-state index contributed by atoms with van der Waals surface area (Å²) < 4.78 is 0. The second-order valence-corrected chi connectivity index (χ2v) is 5.46. The molecule has 0 aliphatic rings. The molecule has 0 unspecified atom stereocenters. The minimum Gasteiger partial charge on any atom is -0.382 e. The summed E-state index contributed by atoms with van der Waals surface area (Å²) in [5.41, 5.74) is 7.81. The number of aryl methyl sites for hydroxylation is 1. The number of carbonyl (C=O) groups excluding carboxylic acids is 1. The number of benzene rings is 1. The fraction of sp³-hybridized carbons (Fsp3) is 0.286. The minimum atomic E-state index is -0.145. The van der Waals surface area contributed by atoms with Crippen LogP contribution in [0.1, 0.15) is 22.2 Å². The Morgan fingerprint density at radius 2 is 2.05 bits per heavy atom. The number of anilines is 3. The molecule has 0 fully saturated rings. The van der Waals surface area contributed by atoms with Gasteiger partial charge in [0.2, 0.25) is 0 Å². The van der Waals surface area contributed by atoms with Crippen LogP contribution in [-0.2, 0) is 0 Å². The van der Waals surface area contributed by atoms with Crippen LogP contribution in [0.25, 0.3) is 0 Å². The highest BCUT2D eigenvalue weighted by Crippen LogP contribution is 2.27. The highest BCUT2D eigenvalue weighted by molar-refractivity contribution is 7.18. The SMILES string of the molecule is CCNc1nc(N)c(C(=O)N(C)c2ccc(C)cc2)s1. The quantitative estimate of drug-likeness (QED) is 0.908.